The van der Waals surface area contributed by atoms with Crippen molar-refractivity contribution in [2.45, 2.75) is 52.9 Å². The zero-order valence-corrected chi connectivity index (χ0v) is 21.5. The Labute approximate surface area is 190 Å². The Morgan fingerprint density at radius 2 is 1.70 bits per heavy atom. The van der Waals surface area contributed by atoms with Crippen molar-refractivity contribution in [2.75, 3.05) is 14.2 Å². The van der Waals surface area contributed by atoms with Crippen LogP contribution in [0.5, 0.6) is 11.5 Å². The Kier molecular flexibility index (Phi) is 9.42. The van der Waals surface area contributed by atoms with E-state index in [0.29, 0.717) is 0 Å². The van der Waals surface area contributed by atoms with Crippen molar-refractivity contribution in [3.63, 3.8) is 0 Å². The van der Waals surface area contributed by atoms with Crippen molar-refractivity contribution in [2.24, 2.45) is 11.8 Å². The first-order chi connectivity index (χ1) is 12.8. The maximum atomic E-state index is 5.66. The van der Waals surface area contributed by atoms with Crippen LogP contribution in [0.15, 0.2) is 22.7 Å². The molecule has 0 saturated heterocycles. The fraction of sp³-hybridized carbons (Fsp3) is 0.545. The lowest BCUT2D eigenvalue weighted by molar-refractivity contribution is 0.402. The van der Waals surface area contributed by atoms with E-state index in [-0.39, 0.29) is 0 Å². The fourth-order valence-electron chi connectivity index (χ4n) is 3.27. The summed E-state index contributed by atoms with van der Waals surface area (Å²) in [6, 6.07) is 6.41. The van der Waals surface area contributed by atoms with E-state index in [4.69, 9.17) is 9.47 Å². The van der Waals surface area contributed by atoms with Gasteiger partial charge in [0.25, 0.3) is 0 Å². The zero-order valence-electron chi connectivity index (χ0n) is 16.9. The van der Waals surface area contributed by atoms with Crippen molar-refractivity contribution >= 4 is 49.9 Å². The van der Waals surface area contributed by atoms with Gasteiger partial charge in [-0.05, 0) is 87.0 Å². The molecule has 0 fully saturated rings. The molecule has 2 rings (SSSR count). The second-order valence-corrected chi connectivity index (χ2v) is 11.4. The standard InChI is InChI=1S/C22H30BrIO2S/c1-14(2)7-6-8-15(3)9-10-16-11-21(24)27-22(16)17-12-20(26-5)18(23)13-19(17)25-4/h11-15H,6-10H2,1-5H3/t15-/m0/s1. The Morgan fingerprint density at radius 3 is 2.33 bits per heavy atom. The van der Waals surface area contributed by atoms with E-state index in [1.165, 1.54) is 39.0 Å². The molecule has 0 bridgehead atoms. The van der Waals surface area contributed by atoms with Crippen LogP contribution in [0, 0.1) is 14.7 Å². The van der Waals surface area contributed by atoms with E-state index in [0.717, 1.165) is 39.8 Å². The number of methoxy groups -OCH3 is 2. The van der Waals surface area contributed by atoms with Crippen LogP contribution in [0.1, 0.15) is 52.0 Å². The minimum absolute atomic E-state index is 0.760. The van der Waals surface area contributed by atoms with Crippen molar-refractivity contribution in [3.8, 4) is 21.9 Å². The molecule has 1 aromatic heterocycles. The van der Waals surface area contributed by atoms with Crippen LogP contribution in [0.3, 0.4) is 0 Å². The lowest BCUT2D eigenvalue weighted by Gasteiger charge is -2.15. The molecular weight excluding hydrogens is 535 g/mol. The number of halogens is 2. The highest BCUT2D eigenvalue weighted by atomic mass is 127. The minimum atomic E-state index is 0.760. The largest absolute Gasteiger partial charge is 0.496 e. The predicted octanol–water partition coefficient (Wildman–Crippen LogP) is 8.19. The van der Waals surface area contributed by atoms with E-state index in [1.54, 1.807) is 14.2 Å². The summed E-state index contributed by atoms with van der Waals surface area (Å²) >= 11 is 7.82. The van der Waals surface area contributed by atoms with Crippen LogP contribution in [0.2, 0.25) is 0 Å². The average Bonchev–Trinajstić information content (AvgIpc) is 2.99. The third kappa shape index (κ3) is 6.64. The minimum Gasteiger partial charge on any atom is -0.496 e. The first-order valence-corrected chi connectivity index (χ1v) is 12.2. The average molecular weight is 565 g/mol. The topological polar surface area (TPSA) is 18.5 Å². The summed E-state index contributed by atoms with van der Waals surface area (Å²) < 4.78 is 13.4. The van der Waals surface area contributed by atoms with Gasteiger partial charge in [-0.25, -0.2) is 0 Å². The van der Waals surface area contributed by atoms with Gasteiger partial charge < -0.3 is 9.47 Å². The van der Waals surface area contributed by atoms with Crippen LogP contribution >= 0.6 is 49.9 Å². The predicted molar refractivity (Wildman–Crippen MR) is 129 cm³/mol. The number of thiophene rings is 1. The molecule has 0 aliphatic rings. The molecule has 0 amide bonds. The van der Waals surface area contributed by atoms with Gasteiger partial charge in [-0.3, -0.25) is 0 Å². The van der Waals surface area contributed by atoms with Gasteiger partial charge in [0.05, 0.1) is 21.6 Å². The molecule has 1 atom stereocenters. The summed E-state index contributed by atoms with van der Waals surface area (Å²) in [7, 11) is 3.43. The maximum absolute atomic E-state index is 5.66. The molecule has 1 aromatic carbocycles. The summed E-state index contributed by atoms with van der Waals surface area (Å²) in [4.78, 5) is 1.30. The summed E-state index contributed by atoms with van der Waals surface area (Å²) in [5.41, 5.74) is 2.54. The van der Waals surface area contributed by atoms with Gasteiger partial charge in [0.15, 0.2) is 0 Å². The van der Waals surface area contributed by atoms with E-state index in [1.807, 2.05) is 17.4 Å². The van der Waals surface area contributed by atoms with Crippen molar-refractivity contribution < 1.29 is 9.47 Å². The molecule has 0 aliphatic carbocycles. The monoisotopic (exact) mass is 564 g/mol. The molecule has 0 aliphatic heterocycles. The maximum Gasteiger partial charge on any atom is 0.133 e. The molecule has 27 heavy (non-hydrogen) atoms. The Morgan fingerprint density at radius 1 is 1.00 bits per heavy atom. The van der Waals surface area contributed by atoms with E-state index < -0.39 is 0 Å². The molecule has 0 unspecified atom stereocenters. The number of rotatable bonds is 10. The van der Waals surface area contributed by atoms with Crippen LogP contribution < -0.4 is 9.47 Å². The second kappa shape index (κ2) is 11.1. The van der Waals surface area contributed by atoms with Gasteiger partial charge in [-0.2, -0.15) is 0 Å². The molecule has 0 saturated carbocycles. The molecule has 5 heteroatoms. The lowest BCUT2D eigenvalue weighted by Crippen LogP contribution is -1.99. The Balaban J connectivity index is 2.18. The summed E-state index contributed by atoms with van der Waals surface area (Å²) in [6.07, 6.45) is 6.34. The Hall–Kier alpha value is -0.270. The molecule has 0 spiro atoms. The number of aryl methyl sites for hydroxylation is 1. The number of ether oxygens (including phenoxy) is 2. The summed E-state index contributed by atoms with van der Waals surface area (Å²) in [5.74, 6) is 3.28. The van der Waals surface area contributed by atoms with Gasteiger partial charge in [0.1, 0.15) is 11.5 Å². The van der Waals surface area contributed by atoms with Gasteiger partial charge >= 0.3 is 0 Å². The molecule has 1 heterocycles. The summed E-state index contributed by atoms with van der Waals surface area (Å²) in [6.45, 7) is 7.01. The fourth-order valence-corrected chi connectivity index (χ4v) is 5.75. The van der Waals surface area contributed by atoms with E-state index in [2.05, 4.69) is 71.4 Å². The molecule has 0 radical (unpaired) electrons. The first kappa shape index (κ1) is 23.0. The van der Waals surface area contributed by atoms with Crippen LogP contribution in [-0.2, 0) is 6.42 Å². The summed E-state index contributed by atoms with van der Waals surface area (Å²) in [5, 5.41) is 0. The van der Waals surface area contributed by atoms with Crippen molar-refractivity contribution in [3.05, 3.63) is 31.1 Å². The zero-order chi connectivity index (χ0) is 20.0. The van der Waals surface area contributed by atoms with Gasteiger partial charge in [0, 0.05) is 10.4 Å². The lowest BCUT2D eigenvalue weighted by atomic mass is 9.94. The quantitative estimate of drug-likeness (QED) is 0.271. The van der Waals surface area contributed by atoms with E-state index in [9.17, 15) is 0 Å². The van der Waals surface area contributed by atoms with Crippen LogP contribution in [-0.4, -0.2) is 14.2 Å². The van der Waals surface area contributed by atoms with Gasteiger partial charge in [-0.15, -0.1) is 11.3 Å². The second-order valence-electron chi connectivity index (χ2n) is 7.56. The highest BCUT2D eigenvalue weighted by Crippen LogP contribution is 2.44. The number of hydrogen-bond donors (Lipinski definition) is 0. The molecule has 150 valence electrons. The van der Waals surface area contributed by atoms with Crippen LogP contribution in [0.4, 0.5) is 0 Å². The SMILES string of the molecule is COc1cc(-c2sc(I)cc2CC[C@@H](C)CCCC(C)C)c(OC)cc1Br. The third-order valence-electron chi connectivity index (χ3n) is 4.88. The normalized spacial score (nSPS) is 12.4. The van der Waals surface area contributed by atoms with Crippen molar-refractivity contribution in [1.82, 2.24) is 0 Å². The number of benzene rings is 1. The highest BCUT2D eigenvalue weighted by molar-refractivity contribution is 14.1. The van der Waals surface area contributed by atoms with Crippen molar-refractivity contribution in [1.29, 1.82) is 0 Å². The Bertz CT molecular complexity index is 742. The van der Waals surface area contributed by atoms with E-state index >= 15 is 0 Å². The highest BCUT2D eigenvalue weighted by Gasteiger charge is 2.18. The number of hydrogen-bond acceptors (Lipinski definition) is 3. The first-order valence-electron chi connectivity index (χ1n) is 9.55. The van der Waals surface area contributed by atoms with Gasteiger partial charge in [-0.1, -0.05) is 40.0 Å². The molecule has 0 N–H and O–H groups in total. The molecule has 2 nitrogen and oxygen atoms in total. The smallest absolute Gasteiger partial charge is 0.133 e. The van der Waals surface area contributed by atoms with Crippen LogP contribution in [0.25, 0.3) is 10.4 Å². The third-order valence-corrected chi connectivity index (χ3v) is 7.47. The molecular formula is C22H30BrIO2S. The van der Waals surface area contributed by atoms with Gasteiger partial charge in [0.2, 0.25) is 0 Å². The molecule has 2 aromatic rings.